The first kappa shape index (κ1) is 22.8. The fourth-order valence-corrected chi connectivity index (χ4v) is 4.43. The van der Waals surface area contributed by atoms with Gasteiger partial charge in [0.25, 0.3) is 11.8 Å². The van der Waals surface area contributed by atoms with Crippen molar-refractivity contribution >= 4 is 22.7 Å². The molecule has 3 aromatic rings. The van der Waals surface area contributed by atoms with Crippen molar-refractivity contribution in [2.45, 2.75) is 58.4 Å². The molecular weight excluding hydrogens is 414 g/mol. The van der Waals surface area contributed by atoms with Crippen LogP contribution in [0.4, 0.5) is 0 Å². The molecule has 4 rings (SSSR count). The molecule has 1 aliphatic rings. The van der Waals surface area contributed by atoms with E-state index in [-0.39, 0.29) is 17.9 Å². The van der Waals surface area contributed by atoms with Crippen LogP contribution in [0.25, 0.3) is 10.9 Å². The first-order valence-corrected chi connectivity index (χ1v) is 11.7. The number of benzene rings is 1. The molecule has 33 heavy (non-hydrogen) atoms. The fourth-order valence-electron chi connectivity index (χ4n) is 4.43. The van der Waals surface area contributed by atoms with E-state index in [4.69, 9.17) is 4.98 Å². The summed E-state index contributed by atoms with van der Waals surface area (Å²) >= 11 is 0. The Morgan fingerprint density at radius 2 is 1.79 bits per heavy atom. The van der Waals surface area contributed by atoms with Gasteiger partial charge in [-0.15, -0.1) is 0 Å². The van der Waals surface area contributed by atoms with Gasteiger partial charge in [-0.1, -0.05) is 18.2 Å². The lowest BCUT2D eigenvalue weighted by Crippen LogP contribution is -2.32. The second kappa shape index (κ2) is 10.1. The van der Waals surface area contributed by atoms with E-state index in [1.807, 2.05) is 51.1 Å². The number of rotatable bonds is 6. The number of nitrogens with one attached hydrogen (secondary N) is 2. The van der Waals surface area contributed by atoms with Crippen LogP contribution in [-0.4, -0.2) is 39.4 Å². The number of amides is 2. The quantitative estimate of drug-likeness (QED) is 0.593. The molecular formula is C26H31N5O2. The Kier molecular flexibility index (Phi) is 6.96. The minimum Gasteiger partial charge on any atom is -0.350 e. The number of aromatic nitrogens is 3. The number of para-hydroxylation sites is 1. The van der Waals surface area contributed by atoms with Crippen LogP contribution in [-0.2, 0) is 0 Å². The van der Waals surface area contributed by atoms with Gasteiger partial charge in [-0.25, -0.2) is 4.98 Å². The zero-order valence-electron chi connectivity index (χ0n) is 19.5. The minimum atomic E-state index is -0.179. The van der Waals surface area contributed by atoms with Gasteiger partial charge in [0.1, 0.15) is 5.69 Å². The lowest BCUT2D eigenvalue weighted by Gasteiger charge is -2.28. The number of aryl methyl sites for hydroxylation is 1. The van der Waals surface area contributed by atoms with E-state index < -0.39 is 0 Å². The molecule has 2 heterocycles. The van der Waals surface area contributed by atoms with E-state index >= 15 is 0 Å². The Morgan fingerprint density at radius 1 is 1.03 bits per heavy atom. The third kappa shape index (κ3) is 5.53. The summed E-state index contributed by atoms with van der Waals surface area (Å²) < 4.78 is 0. The zero-order valence-corrected chi connectivity index (χ0v) is 19.5. The summed E-state index contributed by atoms with van der Waals surface area (Å²) in [6.07, 6.45) is 7.11. The van der Waals surface area contributed by atoms with E-state index in [9.17, 15) is 9.59 Å². The Balaban J connectivity index is 1.41. The molecule has 0 spiro atoms. The average Bonchev–Trinajstić information content (AvgIpc) is 2.82. The highest BCUT2D eigenvalue weighted by Gasteiger charge is 2.25. The highest BCUT2D eigenvalue weighted by molar-refractivity contribution is 6.06. The molecule has 172 valence electrons. The van der Waals surface area contributed by atoms with Crippen LogP contribution in [0, 0.1) is 12.8 Å². The van der Waals surface area contributed by atoms with Gasteiger partial charge in [-0.3, -0.25) is 19.6 Å². The van der Waals surface area contributed by atoms with Gasteiger partial charge >= 0.3 is 0 Å². The maximum Gasteiger partial charge on any atom is 0.271 e. The SMILES string of the molecule is Cc1cnc(C(=O)NCC2CCC(c3cc(C(=O)NC(C)C)c4ccccc4n3)CC2)cn1. The van der Waals surface area contributed by atoms with Crippen molar-refractivity contribution in [2.75, 3.05) is 6.54 Å². The van der Waals surface area contributed by atoms with Crippen LogP contribution < -0.4 is 10.6 Å². The third-order valence-corrected chi connectivity index (χ3v) is 6.23. The standard InChI is InChI=1S/C26H31N5O2/c1-16(2)30-25(32)21-12-23(31-22-7-5-4-6-20(21)22)19-10-8-18(9-11-19)14-29-26(33)24-15-27-17(3)13-28-24/h4-7,12-13,15-16,18-19H,8-11,14H2,1-3H3,(H,29,33)(H,30,32). The van der Waals surface area contributed by atoms with Crippen LogP contribution in [0.2, 0.25) is 0 Å². The largest absolute Gasteiger partial charge is 0.350 e. The van der Waals surface area contributed by atoms with Crippen LogP contribution >= 0.6 is 0 Å². The van der Waals surface area contributed by atoms with Crippen molar-refractivity contribution in [2.24, 2.45) is 5.92 Å². The predicted octanol–water partition coefficient (Wildman–Crippen LogP) is 4.18. The summed E-state index contributed by atoms with van der Waals surface area (Å²) in [5.74, 6) is 0.505. The molecule has 0 atom stereocenters. The number of nitrogens with zero attached hydrogens (tertiary/aromatic N) is 3. The van der Waals surface area contributed by atoms with Crippen LogP contribution in [0.3, 0.4) is 0 Å². The third-order valence-electron chi connectivity index (χ3n) is 6.23. The van der Waals surface area contributed by atoms with E-state index in [1.165, 1.54) is 6.20 Å². The van der Waals surface area contributed by atoms with Gasteiger partial charge in [0, 0.05) is 35.8 Å². The Hall–Kier alpha value is -3.35. The molecule has 2 N–H and O–H groups in total. The first-order valence-electron chi connectivity index (χ1n) is 11.7. The zero-order chi connectivity index (χ0) is 23.4. The summed E-state index contributed by atoms with van der Waals surface area (Å²) in [5.41, 5.74) is 3.68. The average molecular weight is 446 g/mol. The van der Waals surface area contributed by atoms with Crippen molar-refractivity contribution in [1.29, 1.82) is 0 Å². The number of carbonyl (C=O) groups is 2. The number of pyridine rings is 1. The molecule has 7 heteroatoms. The molecule has 0 aliphatic heterocycles. The normalized spacial score (nSPS) is 18.3. The van der Waals surface area contributed by atoms with Crippen molar-refractivity contribution in [3.8, 4) is 0 Å². The molecule has 2 amide bonds. The lowest BCUT2D eigenvalue weighted by atomic mass is 9.80. The molecule has 0 radical (unpaired) electrons. The topological polar surface area (TPSA) is 96.9 Å². The molecule has 0 bridgehead atoms. The van der Waals surface area contributed by atoms with Gasteiger partial charge in [-0.2, -0.15) is 0 Å². The fraction of sp³-hybridized carbons (Fsp3) is 0.423. The van der Waals surface area contributed by atoms with Gasteiger partial charge in [0.2, 0.25) is 0 Å². The Labute approximate surface area is 194 Å². The van der Waals surface area contributed by atoms with Crippen molar-refractivity contribution < 1.29 is 9.59 Å². The molecule has 2 aromatic heterocycles. The summed E-state index contributed by atoms with van der Waals surface area (Å²) in [4.78, 5) is 38.4. The summed E-state index contributed by atoms with van der Waals surface area (Å²) in [5, 5.41) is 6.90. The second-order valence-corrected chi connectivity index (χ2v) is 9.21. The van der Waals surface area contributed by atoms with Crippen LogP contribution in [0.15, 0.2) is 42.7 Å². The number of fused-ring (bicyclic) bond motifs is 1. The van der Waals surface area contributed by atoms with Crippen molar-refractivity contribution in [3.05, 3.63) is 65.4 Å². The van der Waals surface area contributed by atoms with Gasteiger partial charge < -0.3 is 10.6 Å². The van der Waals surface area contributed by atoms with Crippen molar-refractivity contribution in [3.63, 3.8) is 0 Å². The summed E-state index contributed by atoms with van der Waals surface area (Å²) in [7, 11) is 0. The Morgan fingerprint density at radius 3 is 2.48 bits per heavy atom. The van der Waals surface area contributed by atoms with E-state index in [1.54, 1.807) is 6.20 Å². The predicted molar refractivity (Wildman–Crippen MR) is 128 cm³/mol. The van der Waals surface area contributed by atoms with Gasteiger partial charge in [0.05, 0.1) is 23.0 Å². The van der Waals surface area contributed by atoms with E-state index in [0.717, 1.165) is 48.0 Å². The van der Waals surface area contributed by atoms with Gasteiger partial charge in [-0.05, 0) is 64.5 Å². The van der Waals surface area contributed by atoms with Crippen LogP contribution in [0.5, 0.6) is 0 Å². The molecule has 7 nitrogen and oxygen atoms in total. The van der Waals surface area contributed by atoms with E-state index in [0.29, 0.717) is 29.6 Å². The molecule has 1 fully saturated rings. The lowest BCUT2D eigenvalue weighted by molar-refractivity contribution is 0.0932. The highest BCUT2D eigenvalue weighted by atomic mass is 16.2. The summed E-state index contributed by atoms with van der Waals surface area (Å²) in [6, 6.07) is 9.88. The molecule has 0 saturated heterocycles. The Bertz CT molecular complexity index is 1140. The number of carbonyl (C=O) groups excluding carboxylic acids is 2. The highest BCUT2D eigenvalue weighted by Crippen LogP contribution is 2.36. The molecule has 1 saturated carbocycles. The number of hydrogen-bond acceptors (Lipinski definition) is 5. The van der Waals surface area contributed by atoms with Gasteiger partial charge in [0.15, 0.2) is 0 Å². The minimum absolute atomic E-state index is 0.0551. The summed E-state index contributed by atoms with van der Waals surface area (Å²) in [6.45, 7) is 6.41. The van der Waals surface area contributed by atoms with Crippen LogP contribution in [0.1, 0.15) is 77.7 Å². The van der Waals surface area contributed by atoms with Crippen molar-refractivity contribution in [1.82, 2.24) is 25.6 Å². The monoisotopic (exact) mass is 445 g/mol. The molecule has 1 aromatic carbocycles. The number of hydrogen-bond donors (Lipinski definition) is 2. The van der Waals surface area contributed by atoms with E-state index in [2.05, 4.69) is 20.6 Å². The smallest absolute Gasteiger partial charge is 0.271 e. The second-order valence-electron chi connectivity index (χ2n) is 9.21. The first-order chi connectivity index (χ1) is 15.9. The maximum atomic E-state index is 12.9. The maximum absolute atomic E-state index is 12.9. The molecule has 0 unspecified atom stereocenters. The molecule has 1 aliphatic carbocycles.